The van der Waals surface area contributed by atoms with Gasteiger partial charge in [-0.15, -0.1) is 0 Å². The van der Waals surface area contributed by atoms with Crippen molar-refractivity contribution in [3.63, 3.8) is 0 Å². The predicted molar refractivity (Wildman–Crippen MR) is 47.1 cm³/mol. The minimum Gasteiger partial charge on any atom is -0.309 e. The maximum atomic E-state index is 10.8. The van der Waals surface area contributed by atoms with Crippen molar-refractivity contribution in [2.24, 2.45) is 4.99 Å². The van der Waals surface area contributed by atoms with Crippen LogP contribution < -0.4 is 5.32 Å². The Morgan fingerprint density at radius 1 is 1.80 bits per heavy atom. The maximum Gasteiger partial charge on any atom is 0.261 e. The van der Waals surface area contributed by atoms with Gasteiger partial charge >= 0.3 is 0 Å². The monoisotopic (exact) mass is 190 g/mol. The van der Waals surface area contributed by atoms with Crippen LogP contribution in [0.3, 0.4) is 0 Å². The van der Waals surface area contributed by atoms with Gasteiger partial charge in [0.2, 0.25) is 0 Å². The first-order valence-electron chi connectivity index (χ1n) is 2.32. The number of thioether (sulfide) groups is 1. The van der Waals surface area contributed by atoms with E-state index in [0.717, 1.165) is 0 Å². The first-order valence-corrected chi connectivity index (χ1v) is 4.02. The van der Waals surface area contributed by atoms with Gasteiger partial charge in [0.05, 0.1) is 5.16 Å². The molecule has 1 N–H and O–H groups in total. The summed E-state index contributed by atoms with van der Waals surface area (Å²) in [5.41, 5.74) is 0. The summed E-state index contributed by atoms with van der Waals surface area (Å²) in [4.78, 5) is 14.4. The summed E-state index contributed by atoms with van der Waals surface area (Å²) in [7, 11) is 0. The SMILES string of the molecule is O=C1NC(=S)SC1N=C=S. The molecule has 1 aliphatic rings. The minimum absolute atomic E-state index is 0.215. The van der Waals surface area contributed by atoms with Crippen molar-refractivity contribution in [3.8, 4) is 0 Å². The summed E-state index contributed by atoms with van der Waals surface area (Å²) >= 11 is 10.2. The van der Waals surface area contributed by atoms with Crippen LogP contribution in [0.2, 0.25) is 0 Å². The van der Waals surface area contributed by atoms with Gasteiger partial charge in [-0.05, 0) is 12.2 Å². The lowest BCUT2D eigenvalue weighted by atomic mass is 10.6. The Labute approximate surface area is 72.3 Å². The number of carbonyl (C=O) groups is 1. The summed E-state index contributed by atoms with van der Waals surface area (Å²) in [6.07, 6.45) is 0. The molecule has 10 heavy (non-hydrogen) atoms. The van der Waals surface area contributed by atoms with Crippen molar-refractivity contribution in [2.45, 2.75) is 5.37 Å². The average molecular weight is 190 g/mol. The number of amides is 1. The number of nitrogens with zero attached hydrogens (tertiary/aromatic N) is 1. The topological polar surface area (TPSA) is 41.5 Å². The van der Waals surface area contributed by atoms with Gasteiger partial charge in [0.15, 0.2) is 5.37 Å². The van der Waals surface area contributed by atoms with Crippen molar-refractivity contribution in [1.82, 2.24) is 5.32 Å². The summed E-state index contributed by atoms with van der Waals surface area (Å²) in [6, 6.07) is 0. The van der Waals surface area contributed by atoms with Gasteiger partial charge in [0, 0.05) is 0 Å². The lowest BCUT2D eigenvalue weighted by Gasteiger charge is -1.89. The van der Waals surface area contributed by atoms with Gasteiger partial charge in [0.1, 0.15) is 4.32 Å². The third kappa shape index (κ3) is 1.60. The molecule has 0 aromatic rings. The van der Waals surface area contributed by atoms with Gasteiger partial charge in [0.25, 0.3) is 5.91 Å². The second-order valence-electron chi connectivity index (χ2n) is 1.47. The van der Waals surface area contributed by atoms with Gasteiger partial charge < -0.3 is 5.32 Å². The van der Waals surface area contributed by atoms with E-state index >= 15 is 0 Å². The maximum absolute atomic E-state index is 10.8. The van der Waals surface area contributed by atoms with Crippen LogP contribution in [0.5, 0.6) is 0 Å². The molecule has 0 spiro atoms. The van der Waals surface area contributed by atoms with Crippen LogP contribution in [-0.2, 0) is 4.79 Å². The summed E-state index contributed by atoms with van der Waals surface area (Å²) in [6.45, 7) is 0. The zero-order valence-electron chi connectivity index (χ0n) is 4.66. The van der Waals surface area contributed by atoms with E-state index in [1.54, 1.807) is 0 Å². The van der Waals surface area contributed by atoms with Gasteiger partial charge in [-0.2, -0.15) is 0 Å². The van der Waals surface area contributed by atoms with Crippen LogP contribution in [0.25, 0.3) is 0 Å². The third-order valence-electron chi connectivity index (χ3n) is 0.838. The molecule has 0 aromatic carbocycles. The standard InChI is InChI=1S/C4H2N2OS3/c7-2-3(5-1-8)10-4(9)6-2/h3H,(H,6,7,9). The fourth-order valence-corrected chi connectivity index (χ4v) is 1.66. The molecule has 1 heterocycles. The van der Waals surface area contributed by atoms with Crippen LogP contribution in [0.4, 0.5) is 0 Å². The van der Waals surface area contributed by atoms with E-state index in [2.05, 4.69) is 27.7 Å². The number of carbonyl (C=O) groups excluding carboxylic acids is 1. The van der Waals surface area contributed by atoms with Crippen LogP contribution in [0.15, 0.2) is 4.99 Å². The van der Waals surface area contributed by atoms with Gasteiger partial charge in [-0.3, -0.25) is 4.79 Å². The molecule has 0 aliphatic carbocycles. The first-order chi connectivity index (χ1) is 4.74. The number of hydrogen-bond donors (Lipinski definition) is 1. The van der Waals surface area contributed by atoms with E-state index in [1.165, 1.54) is 11.8 Å². The molecule has 1 rings (SSSR count). The molecule has 3 nitrogen and oxygen atoms in total. The first kappa shape index (κ1) is 7.81. The third-order valence-corrected chi connectivity index (χ3v) is 2.19. The van der Waals surface area contributed by atoms with Crippen molar-refractivity contribution in [3.05, 3.63) is 0 Å². The van der Waals surface area contributed by atoms with Crippen molar-refractivity contribution in [1.29, 1.82) is 0 Å². The lowest BCUT2D eigenvalue weighted by Crippen LogP contribution is -2.22. The Morgan fingerprint density at radius 3 is 2.90 bits per heavy atom. The molecule has 6 heteroatoms. The van der Waals surface area contributed by atoms with Crippen LogP contribution in [-0.4, -0.2) is 20.8 Å². The molecule has 0 radical (unpaired) electrons. The largest absolute Gasteiger partial charge is 0.309 e. The van der Waals surface area contributed by atoms with E-state index in [-0.39, 0.29) is 5.91 Å². The molecule has 1 unspecified atom stereocenters. The Kier molecular flexibility index (Phi) is 2.50. The zero-order valence-corrected chi connectivity index (χ0v) is 7.11. The molecule has 52 valence electrons. The molecule has 0 saturated carbocycles. The fraction of sp³-hybridized carbons (Fsp3) is 0.250. The molecule has 0 bridgehead atoms. The number of isothiocyanates is 1. The quantitative estimate of drug-likeness (QED) is 0.484. The molecular formula is C4H2N2OS3. The van der Waals surface area contributed by atoms with E-state index in [0.29, 0.717) is 4.32 Å². The zero-order chi connectivity index (χ0) is 7.56. The molecule has 0 aromatic heterocycles. The molecule has 1 fully saturated rings. The number of hydrogen-bond acceptors (Lipinski definition) is 5. The summed E-state index contributed by atoms with van der Waals surface area (Å²) in [5, 5.41) is 4.05. The molecule has 1 atom stereocenters. The number of aliphatic imine (C=N–C) groups is 1. The predicted octanol–water partition coefficient (Wildman–Crippen LogP) is 0.563. The highest BCUT2D eigenvalue weighted by atomic mass is 32.2. The Bertz CT molecular complexity index is 233. The van der Waals surface area contributed by atoms with Gasteiger partial charge in [-0.25, -0.2) is 4.99 Å². The average Bonchev–Trinajstić information content (AvgIpc) is 2.13. The molecular weight excluding hydrogens is 188 g/mol. The highest BCUT2D eigenvalue weighted by Crippen LogP contribution is 2.19. The second kappa shape index (κ2) is 3.21. The van der Waals surface area contributed by atoms with E-state index in [4.69, 9.17) is 12.2 Å². The van der Waals surface area contributed by atoms with Crippen molar-refractivity contribution >= 4 is 51.6 Å². The molecule has 1 saturated heterocycles. The highest BCUT2D eigenvalue weighted by molar-refractivity contribution is 8.24. The Hall–Kier alpha value is -0.290. The van der Waals surface area contributed by atoms with E-state index in [9.17, 15) is 4.79 Å². The number of nitrogens with one attached hydrogen (secondary N) is 1. The lowest BCUT2D eigenvalue weighted by molar-refractivity contribution is -0.118. The van der Waals surface area contributed by atoms with E-state index < -0.39 is 5.37 Å². The second-order valence-corrected chi connectivity index (χ2v) is 3.41. The van der Waals surface area contributed by atoms with Gasteiger partial charge in [-0.1, -0.05) is 24.0 Å². The normalized spacial score (nSPS) is 23.8. The van der Waals surface area contributed by atoms with E-state index in [1.807, 2.05) is 0 Å². The smallest absolute Gasteiger partial charge is 0.261 e. The number of thiocarbonyl (C=S) groups is 2. The Balaban J connectivity index is 2.72. The molecule has 1 aliphatic heterocycles. The van der Waals surface area contributed by atoms with Crippen LogP contribution in [0, 0.1) is 0 Å². The van der Waals surface area contributed by atoms with Crippen molar-refractivity contribution < 1.29 is 4.79 Å². The van der Waals surface area contributed by atoms with Crippen LogP contribution >= 0.6 is 36.2 Å². The molecule has 1 amide bonds. The summed E-state index contributed by atoms with van der Waals surface area (Å²) in [5.74, 6) is -0.215. The highest BCUT2D eigenvalue weighted by Gasteiger charge is 2.27. The fourth-order valence-electron chi connectivity index (χ4n) is 0.480. The van der Waals surface area contributed by atoms with Crippen molar-refractivity contribution in [2.75, 3.05) is 0 Å². The van der Waals surface area contributed by atoms with Crippen LogP contribution in [0.1, 0.15) is 0 Å². The summed E-state index contributed by atoms with van der Waals surface area (Å²) < 4.78 is 0.448. The number of rotatable bonds is 1. The minimum atomic E-state index is -0.509. The Morgan fingerprint density at radius 2 is 2.50 bits per heavy atom.